The molecule has 0 atom stereocenters. The van der Waals surface area contributed by atoms with Gasteiger partial charge in [-0.2, -0.15) is 0 Å². The van der Waals surface area contributed by atoms with E-state index in [0.717, 1.165) is 51.4 Å². The van der Waals surface area contributed by atoms with Gasteiger partial charge >= 0.3 is 23.9 Å². The van der Waals surface area contributed by atoms with Crippen LogP contribution in [0.15, 0.2) is 0 Å². The highest BCUT2D eigenvalue weighted by molar-refractivity contribution is 5.67. The topological polar surface area (TPSA) is 149 Å². The van der Waals surface area contributed by atoms with Crippen molar-refractivity contribution in [3.8, 4) is 0 Å². The van der Waals surface area contributed by atoms with Crippen molar-refractivity contribution in [1.82, 2.24) is 0 Å². The third-order valence-electron chi connectivity index (χ3n) is 16.7. The Kier molecular flexibility index (Phi) is 97.7. The Morgan fingerprint density at radius 3 is 0.294 bits per heavy atom. The summed E-state index contributed by atoms with van der Waals surface area (Å²) in [5.41, 5.74) is 0. The van der Waals surface area contributed by atoms with E-state index in [2.05, 4.69) is 41.5 Å². The summed E-state index contributed by atoms with van der Waals surface area (Å²) in [5, 5.41) is 34.1. The number of carboxylic acids is 4. The molecular weight excluding hydrogens is 1050 g/mol. The molecule has 0 aromatic carbocycles. The van der Waals surface area contributed by atoms with E-state index in [1.54, 1.807) is 0 Å². The maximum Gasteiger partial charge on any atom is 0.303 e. The minimum atomic E-state index is -0.653. The summed E-state index contributed by atoms with van der Waals surface area (Å²) >= 11 is 0. The van der Waals surface area contributed by atoms with Gasteiger partial charge in [-0.3, -0.25) is 19.2 Å². The number of unbranched alkanes of at least 4 members (excludes halogenated alkanes) is 58. The first-order valence-electron chi connectivity index (χ1n) is 38.4. The predicted molar refractivity (Wildman–Crippen MR) is 374 cm³/mol. The van der Waals surface area contributed by atoms with Crippen molar-refractivity contribution in [2.45, 2.75) is 472 Å². The van der Waals surface area contributed by atoms with E-state index >= 15 is 0 Å². The molecule has 0 unspecified atom stereocenters. The summed E-state index contributed by atoms with van der Waals surface area (Å²) in [6.45, 7) is 13.5. The molecule has 0 spiro atoms. The van der Waals surface area contributed by atoms with Crippen LogP contribution in [0.2, 0.25) is 0 Å². The Balaban J connectivity index is -0.000000325. The van der Waals surface area contributed by atoms with Crippen molar-refractivity contribution in [3.05, 3.63) is 0 Å². The van der Waals surface area contributed by atoms with E-state index < -0.39 is 23.9 Å². The summed E-state index contributed by atoms with van der Waals surface area (Å²) in [6, 6.07) is 0. The molecule has 0 aliphatic rings. The molecule has 0 aliphatic carbocycles. The molecule has 0 aromatic heterocycles. The van der Waals surface area contributed by atoms with Crippen molar-refractivity contribution in [2.24, 2.45) is 0 Å². The number of hydrogen-bond donors (Lipinski definition) is 4. The number of carboxylic acid groups (broad SMARTS) is 4. The fraction of sp³-hybridized carbons (Fsp3) is 0.948. The molecule has 8 nitrogen and oxygen atoms in total. The van der Waals surface area contributed by atoms with Gasteiger partial charge in [-0.15, -0.1) is 0 Å². The summed E-state index contributed by atoms with van der Waals surface area (Å²) in [4.78, 5) is 41.3. The van der Waals surface area contributed by atoms with Gasteiger partial charge in [-0.05, 0) is 25.7 Å². The molecule has 0 rings (SSSR count). The highest BCUT2D eigenvalue weighted by atomic mass is 16.4. The second-order valence-electron chi connectivity index (χ2n) is 25.7. The summed E-state index contributed by atoms with van der Waals surface area (Å²) < 4.78 is 0. The van der Waals surface area contributed by atoms with E-state index in [-0.39, 0.29) is 0 Å². The van der Waals surface area contributed by atoms with E-state index in [4.69, 9.17) is 20.4 Å². The second-order valence-corrected chi connectivity index (χ2v) is 25.7. The zero-order valence-corrected chi connectivity index (χ0v) is 58.8. The maximum absolute atomic E-state index is 10.3. The van der Waals surface area contributed by atoms with Gasteiger partial charge in [0.1, 0.15) is 0 Å². The summed E-state index contributed by atoms with van der Waals surface area (Å²) in [5.74, 6) is -2.61. The Morgan fingerprint density at radius 2 is 0.224 bits per heavy atom. The van der Waals surface area contributed by atoms with E-state index in [1.807, 2.05) is 0 Å². The zero-order chi connectivity index (χ0) is 63.7. The van der Waals surface area contributed by atoms with Gasteiger partial charge in [0.05, 0.1) is 0 Å². The molecule has 0 saturated carbocycles. The number of hydrogen-bond acceptors (Lipinski definition) is 4. The standard InChI is InChI=1S/4C18H36O2.C5H12/c4*1-2-3-4-5-6-7-8-9-10-11-12-13-14-15-16-17-18(19)20;1-3-5-4-2/h4*2-17H2,1H3,(H,19,20);3-5H2,1-2H3. The van der Waals surface area contributed by atoms with Crippen molar-refractivity contribution in [1.29, 1.82) is 0 Å². The van der Waals surface area contributed by atoms with Crippen LogP contribution in [0.4, 0.5) is 0 Å². The molecule has 0 heterocycles. The van der Waals surface area contributed by atoms with Crippen LogP contribution in [0.5, 0.6) is 0 Å². The average Bonchev–Trinajstić information content (AvgIpc) is 3.47. The van der Waals surface area contributed by atoms with Crippen LogP contribution < -0.4 is 0 Å². The SMILES string of the molecule is CCCCC.CCCCCCCCCCCCCCCCCC(=O)O.CCCCCCCCCCCCCCCCCC(=O)O.CCCCCCCCCCCCCCCCCC(=O)O.CCCCCCCCCCCCCCCCCC(=O)O. The van der Waals surface area contributed by atoms with Crippen LogP contribution in [0, 0.1) is 0 Å². The fourth-order valence-electron chi connectivity index (χ4n) is 10.9. The van der Waals surface area contributed by atoms with Gasteiger partial charge in [-0.1, -0.05) is 420 Å². The molecule has 0 fully saturated rings. The largest absolute Gasteiger partial charge is 0.481 e. The van der Waals surface area contributed by atoms with Crippen LogP contribution in [0.1, 0.15) is 472 Å². The van der Waals surface area contributed by atoms with Crippen molar-refractivity contribution in [2.75, 3.05) is 0 Å². The smallest absolute Gasteiger partial charge is 0.303 e. The van der Waals surface area contributed by atoms with E-state index in [1.165, 1.54) is 353 Å². The molecule has 512 valence electrons. The molecular formula is C77H156O8. The normalized spacial score (nSPS) is 10.7. The maximum atomic E-state index is 10.3. The minimum Gasteiger partial charge on any atom is -0.481 e. The monoisotopic (exact) mass is 1210 g/mol. The third kappa shape index (κ3) is 113. The highest BCUT2D eigenvalue weighted by Gasteiger charge is 2.02. The molecule has 0 saturated heterocycles. The predicted octanol–water partition coefficient (Wildman–Crippen LogP) is 27.5. The van der Waals surface area contributed by atoms with Crippen molar-refractivity contribution in [3.63, 3.8) is 0 Å². The molecule has 0 radical (unpaired) electrons. The average molecular weight is 1210 g/mol. The quantitative estimate of drug-likeness (QED) is 0.0440. The fourth-order valence-corrected chi connectivity index (χ4v) is 10.9. The molecule has 0 bridgehead atoms. The molecule has 8 heteroatoms. The number of aliphatic carboxylic acids is 4. The van der Waals surface area contributed by atoms with Crippen LogP contribution >= 0.6 is 0 Å². The lowest BCUT2D eigenvalue weighted by atomic mass is 10.0. The Morgan fingerprint density at radius 1 is 0.141 bits per heavy atom. The first-order valence-corrected chi connectivity index (χ1v) is 38.4. The van der Waals surface area contributed by atoms with E-state index in [0.29, 0.717) is 25.7 Å². The Bertz CT molecular complexity index is 1030. The van der Waals surface area contributed by atoms with Crippen LogP contribution in [0.25, 0.3) is 0 Å². The van der Waals surface area contributed by atoms with Crippen molar-refractivity contribution >= 4 is 23.9 Å². The Labute approximate surface area is 532 Å². The van der Waals surface area contributed by atoms with Crippen molar-refractivity contribution < 1.29 is 39.6 Å². The summed E-state index contributed by atoms with van der Waals surface area (Å²) in [7, 11) is 0. The lowest BCUT2D eigenvalue weighted by molar-refractivity contribution is -0.138. The summed E-state index contributed by atoms with van der Waals surface area (Å²) in [6.07, 6.45) is 84.9. The van der Waals surface area contributed by atoms with Gasteiger partial charge in [0.15, 0.2) is 0 Å². The molecule has 0 aromatic rings. The van der Waals surface area contributed by atoms with Crippen LogP contribution in [-0.2, 0) is 19.2 Å². The van der Waals surface area contributed by atoms with Crippen LogP contribution in [0.3, 0.4) is 0 Å². The lowest BCUT2D eigenvalue weighted by Gasteiger charge is -2.03. The van der Waals surface area contributed by atoms with Gasteiger partial charge in [0.2, 0.25) is 0 Å². The van der Waals surface area contributed by atoms with Gasteiger partial charge in [0, 0.05) is 25.7 Å². The van der Waals surface area contributed by atoms with Crippen LogP contribution in [-0.4, -0.2) is 44.3 Å². The Hall–Kier alpha value is -2.12. The third-order valence-corrected chi connectivity index (χ3v) is 16.7. The van der Waals surface area contributed by atoms with Gasteiger partial charge in [0.25, 0.3) is 0 Å². The number of rotatable bonds is 66. The minimum absolute atomic E-state index is 0.345. The molecule has 85 heavy (non-hydrogen) atoms. The van der Waals surface area contributed by atoms with E-state index in [9.17, 15) is 19.2 Å². The van der Waals surface area contributed by atoms with Gasteiger partial charge < -0.3 is 20.4 Å². The van der Waals surface area contributed by atoms with Gasteiger partial charge in [-0.25, -0.2) is 0 Å². The molecule has 4 N–H and O–H groups in total. The lowest BCUT2D eigenvalue weighted by Crippen LogP contribution is -1.93. The highest BCUT2D eigenvalue weighted by Crippen LogP contribution is 2.18. The first-order chi connectivity index (χ1) is 41.5. The molecule has 0 aliphatic heterocycles. The zero-order valence-electron chi connectivity index (χ0n) is 58.8. The number of carbonyl (C=O) groups is 4. The second kappa shape index (κ2) is 90.6. The first kappa shape index (κ1) is 91.6. The molecule has 0 amide bonds.